The Hall–Kier alpha value is 1.66. The Labute approximate surface area is 273 Å². The zero-order valence-electron chi connectivity index (χ0n) is 21.0. The maximum absolute atomic E-state index is 11.5. The molecule has 0 aliphatic heterocycles. The second kappa shape index (κ2) is 17.4. The van der Waals surface area contributed by atoms with Gasteiger partial charge in [0.25, 0.3) is 0 Å². The van der Waals surface area contributed by atoms with Gasteiger partial charge in [-0.15, -0.1) is 0 Å². The standard InChI is InChI=1S/C22H32O8P2.3Na/c1-31(26,27)12-19-4-2-17(3-5-19)10-20-7-6-18(11-21(20)13-32(28,29)30)8-9-22(14-23,15-24)16-25;;;/h2-7,11,23-25H,8-10,12-16H2,1H3,(H,26,27)(H2,28,29,30);;;/q;3*+1/p-3. The van der Waals surface area contributed by atoms with Gasteiger partial charge in [0, 0.05) is 25.1 Å². The van der Waals surface area contributed by atoms with E-state index in [0.717, 1.165) is 11.1 Å². The first-order valence-electron chi connectivity index (χ1n) is 10.2. The molecule has 1 unspecified atom stereocenters. The van der Waals surface area contributed by atoms with E-state index < -0.39 is 46.4 Å². The van der Waals surface area contributed by atoms with E-state index >= 15 is 0 Å². The molecule has 0 aliphatic rings. The Morgan fingerprint density at radius 1 is 0.743 bits per heavy atom. The van der Waals surface area contributed by atoms with E-state index in [9.17, 15) is 39.1 Å². The molecule has 2 aromatic carbocycles. The van der Waals surface area contributed by atoms with Crippen molar-refractivity contribution in [2.45, 2.75) is 31.6 Å². The van der Waals surface area contributed by atoms with Crippen molar-refractivity contribution in [2.24, 2.45) is 5.41 Å². The van der Waals surface area contributed by atoms with Gasteiger partial charge in [-0.3, -0.25) is 0 Å². The monoisotopic (exact) mass is 552 g/mol. The average Bonchev–Trinajstić information content (AvgIpc) is 2.70. The number of aliphatic hydroxyl groups excluding tert-OH is 3. The Bertz CT molecular complexity index is 980. The number of rotatable bonds is 12. The molecule has 0 amide bonds. The maximum atomic E-state index is 11.5. The number of aliphatic hydroxyl groups is 3. The van der Waals surface area contributed by atoms with E-state index in [-0.39, 0.29) is 101 Å². The van der Waals surface area contributed by atoms with Crippen molar-refractivity contribution in [2.75, 3.05) is 26.5 Å². The number of benzene rings is 2. The van der Waals surface area contributed by atoms with E-state index in [1.165, 1.54) is 6.66 Å². The van der Waals surface area contributed by atoms with Crippen molar-refractivity contribution < 1.29 is 128 Å². The van der Waals surface area contributed by atoms with Crippen molar-refractivity contribution >= 4 is 15.0 Å². The first-order valence-corrected chi connectivity index (χ1v) is 14.2. The summed E-state index contributed by atoms with van der Waals surface area (Å²) in [5, 5.41) is 28.4. The van der Waals surface area contributed by atoms with Crippen LogP contribution in [0.2, 0.25) is 0 Å². The predicted molar refractivity (Wildman–Crippen MR) is 116 cm³/mol. The molecule has 13 heteroatoms. The summed E-state index contributed by atoms with van der Waals surface area (Å²) in [4.78, 5) is 34.4. The molecule has 3 N–H and O–H groups in total. The minimum absolute atomic E-state index is 0. The van der Waals surface area contributed by atoms with Crippen molar-refractivity contribution in [1.82, 2.24) is 0 Å². The zero-order valence-corrected chi connectivity index (χ0v) is 28.8. The molecule has 0 spiro atoms. The van der Waals surface area contributed by atoms with Crippen LogP contribution in [0.1, 0.15) is 34.2 Å². The van der Waals surface area contributed by atoms with Crippen LogP contribution < -0.4 is 103 Å². The molecule has 1 atom stereocenters. The summed E-state index contributed by atoms with van der Waals surface area (Å²) in [7, 11) is -8.25. The number of hydrogen-bond acceptors (Lipinski definition) is 8. The average molecular weight is 552 g/mol. The zero-order chi connectivity index (χ0) is 24.0. The van der Waals surface area contributed by atoms with Gasteiger partial charge in [-0.05, 0) is 53.7 Å². The molecule has 0 aliphatic carbocycles. The van der Waals surface area contributed by atoms with Crippen LogP contribution in [0, 0.1) is 5.41 Å². The molecule has 0 saturated heterocycles. The van der Waals surface area contributed by atoms with Crippen molar-refractivity contribution in [3.05, 3.63) is 70.3 Å². The second-order valence-corrected chi connectivity index (χ2v) is 12.4. The topological polar surface area (TPSA) is 164 Å². The van der Waals surface area contributed by atoms with Crippen LogP contribution in [0.4, 0.5) is 0 Å². The molecule has 0 heterocycles. The number of hydrogen-bond donors (Lipinski definition) is 3. The molecule has 2 aromatic rings. The summed E-state index contributed by atoms with van der Waals surface area (Å²) in [5.74, 6) is 0. The van der Waals surface area contributed by atoms with Crippen LogP contribution in [0.5, 0.6) is 0 Å². The van der Waals surface area contributed by atoms with E-state index in [4.69, 9.17) is 0 Å². The second-order valence-electron chi connectivity index (χ2n) is 8.51. The van der Waals surface area contributed by atoms with Crippen molar-refractivity contribution in [3.63, 3.8) is 0 Å². The van der Waals surface area contributed by atoms with Gasteiger partial charge in [-0.2, -0.15) is 0 Å². The molecule has 0 fully saturated rings. The molecule has 178 valence electrons. The predicted octanol–water partition coefficient (Wildman–Crippen LogP) is -8.63. The van der Waals surface area contributed by atoms with Gasteiger partial charge < -0.3 is 39.1 Å². The third kappa shape index (κ3) is 14.0. The summed E-state index contributed by atoms with van der Waals surface area (Å²) >= 11 is 0. The van der Waals surface area contributed by atoms with Gasteiger partial charge in [0.1, 0.15) is 0 Å². The Kier molecular flexibility index (Phi) is 19.3. The molecular formula is C22H29Na3O8P2. The van der Waals surface area contributed by atoms with E-state index in [1.807, 2.05) is 0 Å². The van der Waals surface area contributed by atoms with E-state index in [1.54, 1.807) is 42.5 Å². The Morgan fingerprint density at radius 3 is 1.69 bits per heavy atom. The molecule has 0 saturated carbocycles. The Morgan fingerprint density at radius 2 is 1.23 bits per heavy atom. The smallest absolute Gasteiger partial charge is 0.810 e. The molecule has 0 aromatic heterocycles. The third-order valence-corrected chi connectivity index (χ3v) is 7.14. The summed E-state index contributed by atoms with van der Waals surface area (Å²) in [6.07, 6.45) is 0.335. The van der Waals surface area contributed by atoms with Crippen LogP contribution in [0.25, 0.3) is 0 Å². The fourth-order valence-electron chi connectivity index (χ4n) is 3.47. The SMILES string of the molecule is CP(=O)([O-])Cc1ccc(Cc2ccc(CCC(CO)(CO)CO)cc2CP(=O)([O-])[O-])cc1.[Na+].[Na+].[Na+]. The van der Waals surface area contributed by atoms with E-state index in [0.29, 0.717) is 29.5 Å². The molecule has 0 radical (unpaired) electrons. The van der Waals surface area contributed by atoms with Gasteiger partial charge in [0.2, 0.25) is 0 Å². The first-order chi connectivity index (χ1) is 14.9. The molecule has 8 nitrogen and oxygen atoms in total. The molecular weight excluding hydrogens is 523 g/mol. The summed E-state index contributed by atoms with van der Waals surface area (Å²) < 4.78 is 22.9. The molecule has 0 bridgehead atoms. The largest absolute Gasteiger partial charge is 1.00 e. The fourth-order valence-corrected chi connectivity index (χ4v) is 5.06. The van der Waals surface area contributed by atoms with Crippen LogP contribution >= 0.6 is 15.0 Å². The maximum Gasteiger partial charge on any atom is 1.00 e. The minimum atomic E-state index is -4.83. The van der Waals surface area contributed by atoms with Gasteiger partial charge >= 0.3 is 88.7 Å². The van der Waals surface area contributed by atoms with Gasteiger partial charge in [0.05, 0.1) is 19.8 Å². The van der Waals surface area contributed by atoms with Crippen molar-refractivity contribution in [1.29, 1.82) is 0 Å². The van der Waals surface area contributed by atoms with Crippen LogP contribution in [0.15, 0.2) is 42.5 Å². The van der Waals surface area contributed by atoms with Crippen LogP contribution in [-0.4, -0.2) is 41.8 Å². The fraction of sp³-hybridized carbons (Fsp3) is 0.455. The third-order valence-electron chi connectivity index (χ3n) is 5.47. The minimum Gasteiger partial charge on any atom is -0.810 e. The normalized spacial score (nSPS) is 13.1. The van der Waals surface area contributed by atoms with Crippen LogP contribution in [-0.2, 0) is 34.3 Å². The molecule has 2 rings (SSSR count). The summed E-state index contributed by atoms with van der Waals surface area (Å²) in [6, 6.07) is 12.1. The van der Waals surface area contributed by atoms with Crippen LogP contribution in [0.3, 0.4) is 0 Å². The van der Waals surface area contributed by atoms with Gasteiger partial charge in [-0.25, -0.2) is 0 Å². The van der Waals surface area contributed by atoms with Gasteiger partial charge in [-0.1, -0.05) is 50.1 Å². The van der Waals surface area contributed by atoms with Gasteiger partial charge in [0.15, 0.2) is 0 Å². The number of aryl methyl sites for hydroxylation is 1. The molecule has 35 heavy (non-hydrogen) atoms. The van der Waals surface area contributed by atoms with E-state index in [2.05, 4.69) is 0 Å². The van der Waals surface area contributed by atoms with Crippen molar-refractivity contribution in [3.8, 4) is 0 Å². The Balaban J connectivity index is 0. The summed E-state index contributed by atoms with van der Waals surface area (Å²) in [5.41, 5.74) is 2.22. The quantitative estimate of drug-likeness (QED) is 0.173. The first kappa shape index (κ1) is 38.8. The summed E-state index contributed by atoms with van der Waals surface area (Å²) in [6.45, 7) is 0.00978.